The fraction of sp³-hybridized carbons (Fsp3) is 0.727. The number of carbonyl (C=O) groups is 1. The molecule has 0 radical (unpaired) electrons. The lowest BCUT2D eigenvalue weighted by atomic mass is 9.99. The Morgan fingerprint density at radius 3 is 2.69 bits per heavy atom. The summed E-state index contributed by atoms with van der Waals surface area (Å²) in [4.78, 5) is 11.3. The largest absolute Gasteiger partial charge is 0.466 e. The molecule has 0 N–H and O–H groups in total. The van der Waals surface area contributed by atoms with E-state index in [1.165, 1.54) is 0 Å². The highest BCUT2D eigenvalue weighted by Gasteiger charge is 2.16. The molecule has 1 unspecified atom stereocenters. The molecular weight excluding hydrogens is 164 g/mol. The van der Waals surface area contributed by atoms with Gasteiger partial charge in [-0.15, -0.1) is 6.58 Å². The van der Waals surface area contributed by atoms with Gasteiger partial charge < -0.3 is 4.74 Å². The summed E-state index contributed by atoms with van der Waals surface area (Å²) in [6, 6.07) is 0. The van der Waals surface area contributed by atoms with Gasteiger partial charge in [-0.05, 0) is 32.6 Å². The van der Waals surface area contributed by atoms with Crippen LogP contribution in [0.15, 0.2) is 12.7 Å². The highest BCUT2D eigenvalue weighted by atomic mass is 16.5. The molecule has 2 nitrogen and oxygen atoms in total. The van der Waals surface area contributed by atoms with E-state index in [1.807, 2.05) is 19.9 Å². The van der Waals surface area contributed by atoms with Crippen molar-refractivity contribution in [3.63, 3.8) is 0 Å². The second-order valence-electron chi connectivity index (χ2n) is 3.08. The maximum Gasteiger partial charge on any atom is 0.308 e. The van der Waals surface area contributed by atoms with Crippen molar-refractivity contribution in [3.05, 3.63) is 12.7 Å². The van der Waals surface area contributed by atoms with Crippen LogP contribution in [0, 0.1) is 5.92 Å². The van der Waals surface area contributed by atoms with Crippen LogP contribution in [-0.2, 0) is 9.53 Å². The maximum atomic E-state index is 11.3. The zero-order valence-corrected chi connectivity index (χ0v) is 8.71. The number of hydrogen-bond donors (Lipinski definition) is 0. The number of unbranched alkanes of at least 4 members (excludes halogenated alkanes) is 1. The lowest BCUT2D eigenvalue weighted by Crippen LogP contribution is -2.16. The Kier molecular flexibility index (Phi) is 7.36. The molecular formula is C11H20O2. The highest BCUT2D eigenvalue weighted by Crippen LogP contribution is 2.14. The summed E-state index contributed by atoms with van der Waals surface area (Å²) in [6.07, 6.45) is 5.69. The van der Waals surface area contributed by atoms with Crippen LogP contribution in [-0.4, -0.2) is 12.6 Å². The molecule has 76 valence electrons. The minimum absolute atomic E-state index is 0.0472. The van der Waals surface area contributed by atoms with Gasteiger partial charge in [-0.2, -0.15) is 0 Å². The standard InChI is InChI=1S/C11H20O2/c1-4-7-8-9-10(5-2)11(12)13-6-3/h4,10H,1,5-9H2,2-3H3. The molecule has 0 amide bonds. The van der Waals surface area contributed by atoms with Crippen LogP contribution in [0.4, 0.5) is 0 Å². The summed E-state index contributed by atoms with van der Waals surface area (Å²) in [6.45, 7) is 8.00. The molecule has 0 bridgehead atoms. The number of esters is 1. The minimum Gasteiger partial charge on any atom is -0.466 e. The average Bonchev–Trinajstić information content (AvgIpc) is 2.13. The zero-order valence-electron chi connectivity index (χ0n) is 8.71. The third-order valence-electron chi connectivity index (χ3n) is 2.07. The molecule has 1 atom stereocenters. The van der Waals surface area contributed by atoms with E-state index in [1.54, 1.807) is 0 Å². The zero-order chi connectivity index (χ0) is 10.1. The highest BCUT2D eigenvalue weighted by molar-refractivity contribution is 5.72. The van der Waals surface area contributed by atoms with E-state index >= 15 is 0 Å². The van der Waals surface area contributed by atoms with E-state index in [-0.39, 0.29) is 11.9 Å². The molecule has 0 aliphatic heterocycles. The fourth-order valence-electron chi connectivity index (χ4n) is 1.26. The second kappa shape index (κ2) is 7.84. The predicted molar refractivity (Wildman–Crippen MR) is 54.5 cm³/mol. The number of hydrogen-bond acceptors (Lipinski definition) is 2. The van der Waals surface area contributed by atoms with Crippen molar-refractivity contribution in [2.24, 2.45) is 5.92 Å². The molecule has 0 aromatic heterocycles. The first-order chi connectivity index (χ1) is 6.26. The van der Waals surface area contributed by atoms with E-state index in [2.05, 4.69) is 6.58 Å². The Labute approximate surface area is 81.0 Å². The topological polar surface area (TPSA) is 26.3 Å². The number of allylic oxidation sites excluding steroid dienone is 1. The quantitative estimate of drug-likeness (QED) is 0.345. The lowest BCUT2D eigenvalue weighted by Gasteiger charge is -2.12. The summed E-state index contributed by atoms with van der Waals surface area (Å²) >= 11 is 0. The third-order valence-corrected chi connectivity index (χ3v) is 2.07. The van der Waals surface area contributed by atoms with Gasteiger partial charge >= 0.3 is 5.97 Å². The van der Waals surface area contributed by atoms with Crippen LogP contribution >= 0.6 is 0 Å². The molecule has 0 aromatic carbocycles. The van der Waals surface area contributed by atoms with Crippen molar-refractivity contribution in [3.8, 4) is 0 Å². The van der Waals surface area contributed by atoms with Crippen molar-refractivity contribution in [1.29, 1.82) is 0 Å². The van der Waals surface area contributed by atoms with Gasteiger partial charge in [0.05, 0.1) is 12.5 Å². The van der Waals surface area contributed by atoms with Gasteiger partial charge in [-0.1, -0.05) is 13.0 Å². The molecule has 13 heavy (non-hydrogen) atoms. The summed E-state index contributed by atoms with van der Waals surface area (Å²) in [5, 5.41) is 0. The molecule has 0 heterocycles. The first-order valence-corrected chi connectivity index (χ1v) is 5.03. The molecule has 2 heteroatoms. The van der Waals surface area contributed by atoms with E-state index < -0.39 is 0 Å². The van der Waals surface area contributed by atoms with Gasteiger partial charge in [0.25, 0.3) is 0 Å². The van der Waals surface area contributed by atoms with Gasteiger partial charge in [0, 0.05) is 0 Å². The van der Waals surface area contributed by atoms with Crippen molar-refractivity contribution in [2.45, 2.75) is 39.5 Å². The number of rotatable bonds is 7. The molecule has 0 aromatic rings. The normalized spacial score (nSPS) is 12.2. The van der Waals surface area contributed by atoms with E-state index in [0.717, 1.165) is 25.7 Å². The van der Waals surface area contributed by atoms with Crippen molar-refractivity contribution < 1.29 is 9.53 Å². The average molecular weight is 184 g/mol. The fourth-order valence-corrected chi connectivity index (χ4v) is 1.26. The van der Waals surface area contributed by atoms with Crippen LogP contribution in [0.5, 0.6) is 0 Å². The molecule has 0 aliphatic rings. The number of carbonyl (C=O) groups excluding carboxylic acids is 1. The molecule has 0 aliphatic carbocycles. The Hall–Kier alpha value is -0.790. The Morgan fingerprint density at radius 1 is 1.54 bits per heavy atom. The van der Waals surface area contributed by atoms with Gasteiger partial charge in [0.2, 0.25) is 0 Å². The molecule has 0 saturated heterocycles. The van der Waals surface area contributed by atoms with Gasteiger partial charge in [-0.3, -0.25) is 4.79 Å². The monoisotopic (exact) mass is 184 g/mol. The van der Waals surface area contributed by atoms with Crippen molar-refractivity contribution in [1.82, 2.24) is 0 Å². The minimum atomic E-state index is -0.0472. The summed E-state index contributed by atoms with van der Waals surface area (Å²) in [5.41, 5.74) is 0. The van der Waals surface area contributed by atoms with Gasteiger partial charge in [-0.25, -0.2) is 0 Å². The Bertz CT molecular complexity index is 152. The van der Waals surface area contributed by atoms with E-state index in [0.29, 0.717) is 6.61 Å². The predicted octanol–water partition coefficient (Wildman–Crippen LogP) is 2.93. The van der Waals surface area contributed by atoms with Crippen LogP contribution < -0.4 is 0 Å². The first-order valence-electron chi connectivity index (χ1n) is 5.03. The number of ether oxygens (including phenoxy) is 1. The summed E-state index contributed by atoms with van der Waals surface area (Å²) in [7, 11) is 0. The molecule has 0 fully saturated rings. The van der Waals surface area contributed by atoms with E-state index in [9.17, 15) is 4.79 Å². The lowest BCUT2D eigenvalue weighted by molar-refractivity contribution is -0.148. The Balaban J connectivity index is 3.73. The summed E-state index contributed by atoms with van der Waals surface area (Å²) < 4.78 is 4.96. The van der Waals surface area contributed by atoms with Gasteiger partial charge in [0.15, 0.2) is 0 Å². The van der Waals surface area contributed by atoms with Crippen LogP contribution in [0.3, 0.4) is 0 Å². The molecule has 0 rings (SSSR count). The first kappa shape index (κ1) is 12.2. The molecule has 0 saturated carbocycles. The van der Waals surface area contributed by atoms with Crippen LogP contribution in [0.1, 0.15) is 39.5 Å². The third kappa shape index (κ3) is 5.45. The smallest absolute Gasteiger partial charge is 0.308 e. The van der Waals surface area contributed by atoms with Crippen molar-refractivity contribution in [2.75, 3.05) is 6.61 Å². The molecule has 0 spiro atoms. The van der Waals surface area contributed by atoms with Crippen molar-refractivity contribution >= 4 is 5.97 Å². The van der Waals surface area contributed by atoms with E-state index in [4.69, 9.17) is 4.74 Å². The maximum absolute atomic E-state index is 11.3. The van der Waals surface area contributed by atoms with Crippen LogP contribution in [0.25, 0.3) is 0 Å². The van der Waals surface area contributed by atoms with Crippen LogP contribution in [0.2, 0.25) is 0 Å². The Morgan fingerprint density at radius 2 is 2.23 bits per heavy atom. The SMILES string of the molecule is C=CCCCC(CC)C(=O)OCC. The van der Waals surface area contributed by atoms with Gasteiger partial charge in [0.1, 0.15) is 0 Å². The second-order valence-corrected chi connectivity index (χ2v) is 3.08. The summed E-state index contributed by atoms with van der Waals surface area (Å²) in [5.74, 6) is 0.0361.